The minimum atomic E-state index is -0.593. The highest BCUT2D eigenvalue weighted by Crippen LogP contribution is 2.35. The van der Waals surface area contributed by atoms with E-state index in [9.17, 15) is 14.7 Å². The minimum Gasteiger partial charge on any atom is -0.507 e. The van der Waals surface area contributed by atoms with Crippen LogP contribution in [0.3, 0.4) is 0 Å². The highest BCUT2D eigenvalue weighted by Gasteiger charge is 2.36. The lowest BCUT2D eigenvalue weighted by molar-refractivity contribution is -0.117. The number of benzene rings is 3. The van der Waals surface area contributed by atoms with Gasteiger partial charge in [-0.25, -0.2) is 0 Å². The molecule has 0 unspecified atom stereocenters. The number of phenolic OH excluding ortho intramolecular Hbond substituents is 1. The Balaban J connectivity index is 1.63. The first-order valence-corrected chi connectivity index (χ1v) is 10.7. The van der Waals surface area contributed by atoms with E-state index in [0.717, 1.165) is 11.8 Å². The molecule has 1 heterocycles. The van der Waals surface area contributed by atoms with Gasteiger partial charge in [0.1, 0.15) is 17.2 Å². The van der Waals surface area contributed by atoms with Gasteiger partial charge in [-0.1, -0.05) is 48.1 Å². The number of thioether (sulfide) groups is 1. The van der Waals surface area contributed by atoms with E-state index in [1.54, 1.807) is 36.4 Å². The van der Waals surface area contributed by atoms with Crippen LogP contribution in [0.1, 0.15) is 5.56 Å². The van der Waals surface area contributed by atoms with Crippen molar-refractivity contribution in [3.8, 4) is 17.2 Å². The van der Waals surface area contributed by atoms with Crippen LogP contribution in [0.4, 0.5) is 5.69 Å². The standard InChI is InChI=1S/C23H14ClNO4S2/c24-19-7-4-8-20(26)17(19)13-18-21(27)25(23(30)31-22(18)28)14-9-11-16(12-10-14)29-15-5-2-1-3-6-15/h1-13,26H. The fourth-order valence-electron chi connectivity index (χ4n) is 2.91. The number of amides is 1. The average Bonchev–Trinajstić information content (AvgIpc) is 2.75. The zero-order valence-electron chi connectivity index (χ0n) is 15.8. The van der Waals surface area contributed by atoms with Crippen molar-refractivity contribution in [2.24, 2.45) is 0 Å². The molecule has 0 atom stereocenters. The third-order valence-corrected chi connectivity index (χ3v) is 5.93. The van der Waals surface area contributed by atoms with Gasteiger partial charge in [-0.15, -0.1) is 0 Å². The number of phenols is 1. The monoisotopic (exact) mass is 467 g/mol. The molecule has 154 valence electrons. The van der Waals surface area contributed by atoms with Crippen molar-refractivity contribution in [2.45, 2.75) is 0 Å². The lowest BCUT2D eigenvalue weighted by Crippen LogP contribution is -2.41. The summed E-state index contributed by atoms with van der Waals surface area (Å²) >= 11 is 12.2. The van der Waals surface area contributed by atoms with Crippen molar-refractivity contribution < 1.29 is 19.4 Å². The van der Waals surface area contributed by atoms with E-state index in [4.69, 9.17) is 28.6 Å². The Morgan fingerprint density at radius 2 is 1.61 bits per heavy atom. The predicted molar refractivity (Wildman–Crippen MR) is 127 cm³/mol. The summed E-state index contributed by atoms with van der Waals surface area (Å²) in [6.07, 6.45) is 1.29. The Morgan fingerprint density at radius 1 is 0.935 bits per heavy atom. The third-order valence-electron chi connectivity index (χ3n) is 4.41. The number of ether oxygens (including phenoxy) is 1. The molecule has 1 N–H and O–H groups in total. The summed E-state index contributed by atoms with van der Waals surface area (Å²) < 4.78 is 5.89. The summed E-state index contributed by atoms with van der Waals surface area (Å²) in [6.45, 7) is 0. The topological polar surface area (TPSA) is 66.8 Å². The molecule has 0 aliphatic carbocycles. The van der Waals surface area contributed by atoms with Crippen molar-refractivity contribution in [3.63, 3.8) is 0 Å². The number of carbonyl (C=O) groups is 2. The minimum absolute atomic E-state index is 0.118. The molecule has 3 aromatic carbocycles. The van der Waals surface area contributed by atoms with Crippen LogP contribution in [0.2, 0.25) is 5.02 Å². The zero-order chi connectivity index (χ0) is 22.0. The Kier molecular flexibility index (Phi) is 6.08. The maximum Gasteiger partial charge on any atom is 0.268 e. The normalized spacial score (nSPS) is 15.5. The Morgan fingerprint density at radius 3 is 2.29 bits per heavy atom. The van der Waals surface area contributed by atoms with Crippen LogP contribution in [0.15, 0.2) is 78.4 Å². The van der Waals surface area contributed by atoms with E-state index in [1.807, 2.05) is 30.3 Å². The number of aromatic hydroxyl groups is 1. The molecule has 1 aliphatic heterocycles. The molecular formula is C23H14ClNO4S2. The van der Waals surface area contributed by atoms with Crippen LogP contribution < -0.4 is 9.64 Å². The van der Waals surface area contributed by atoms with Gasteiger partial charge in [-0.2, -0.15) is 0 Å². The van der Waals surface area contributed by atoms with Crippen LogP contribution in [0.25, 0.3) is 6.08 Å². The highest BCUT2D eigenvalue weighted by atomic mass is 35.5. The van der Waals surface area contributed by atoms with E-state index in [1.165, 1.54) is 17.0 Å². The molecule has 0 saturated carbocycles. The smallest absolute Gasteiger partial charge is 0.268 e. The first-order valence-electron chi connectivity index (χ1n) is 9.07. The van der Waals surface area contributed by atoms with Crippen LogP contribution in [0.5, 0.6) is 17.2 Å². The summed E-state index contributed by atoms with van der Waals surface area (Å²) in [6, 6.07) is 20.6. The van der Waals surface area contributed by atoms with Gasteiger partial charge in [0.25, 0.3) is 5.91 Å². The number of hydrogen-bond acceptors (Lipinski definition) is 6. The second-order valence-electron chi connectivity index (χ2n) is 6.44. The Labute approximate surface area is 192 Å². The van der Waals surface area contributed by atoms with Gasteiger partial charge in [-0.05, 0) is 66.4 Å². The number of carbonyl (C=O) groups excluding carboxylic acids is 2. The Hall–Kier alpha value is -3.13. The summed E-state index contributed by atoms with van der Waals surface area (Å²) in [4.78, 5) is 26.9. The quantitative estimate of drug-likeness (QED) is 0.296. The molecule has 8 heteroatoms. The van der Waals surface area contributed by atoms with Gasteiger partial charge in [0.2, 0.25) is 5.12 Å². The number of thiocarbonyl (C=S) groups is 1. The molecule has 0 aromatic heterocycles. The van der Waals surface area contributed by atoms with E-state index < -0.39 is 11.0 Å². The summed E-state index contributed by atoms with van der Waals surface area (Å²) in [5.74, 6) is 0.550. The lowest BCUT2D eigenvalue weighted by Gasteiger charge is -2.27. The molecule has 1 fully saturated rings. The van der Waals surface area contributed by atoms with Gasteiger partial charge in [-0.3, -0.25) is 14.5 Å². The van der Waals surface area contributed by atoms with Gasteiger partial charge in [0.05, 0.1) is 16.3 Å². The van der Waals surface area contributed by atoms with Crippen LogP contribution in [-0.4, -0.2) is 20.4 Å². The fourth-order valence-corrected chi connectivity index (χ4v) is 4.25. The SMILES string of the molecule is O=C1SC(=S)N(c2ccc(Oc3ccccc3)cc2)C(=O)C1=Cc1c(O)cccc1Cl. The lowest BCUT2D eigenvalue weighted by atomic mass is 10.1. The zero-order valence-corrected chi connectivity index (χ0v) is 18.2. The molecule has 5 nitrogen and oxygen atoms in total. The van der Waals surface area contributed by atoms with Crippen molar-refractivity contribution in [1.29, 1.82) is 0 Å². The van der Waals surface area contributed by atoms with Gasteiger partial charge in [0.15, 0.2) is 4.32 Å². The maximum absolute atomic E-state index is 13.1. The second-order valence-corrected chi connectivity index (χ2v) is 8.45. The van der Waals surface area contributed by atoms with E-state index in [2.05, 4.69) is 0 Å². The van der Waals surface area contributed by atoms with Gasteiger partial charge >= 0.3 is 0 Å². The highest BCUT2D eigenvalue weighted by molar-refractivity contribution is 8.33. The summed E-state index contributed by atoms with van der Waals surface area (Å²) in [5, 5.41) is 9.79. The van der Waals surface area contributed by atoms with Crippen molar-refractivity contribution in [2.75, 3.05) is 4.90 Å². The number of rotatable bonds is 4. The number of hydrogen-bond donors (Lipinski definition) is 1. The number of para-hydroxylation sites is 1. The van der Waals surface area contributed by atoms with E-state index >= 15 is 0 Å². The van der Waals surface area contributed by atoms with Crippen molar-refractivity contribution in [1.82, 2.24) is 0 Å². The summed E-state index contributed by atoms with van der Waals surface area (Å²) in [5.41, 5.74) is 0.553. The molecule has 4 rings (SSSR count). The molecule has 0 radical (unpaired) electrons. The third kappa shape index (κ3) is 4.49. The molecule has 1 saturated heterocycles. The van der Waals surface area contributed by atoms with Crippen LogP contribution in [0, 0.1) is 0 Å². The summed E-state index contributed by atoms with van der Waals surface area (Å²) in [7, 11) is 0. The average molecular weight is 468 g/mol. The molecule has 0 spiro atoms. The second kappa shape index (κ2) is 8.93. The molecular weight excluding hydrogens is 454 g/mol. The largest absolute Gasteiger partial charge is 0.507 e. The first-order chi connectivity index (χ1) is 14.9. The van der Waals surface area contributed by atoms with Crippen LogP contribution in [-0.2, 0) is 9.59 Å². The van der Waals surface area contributed by atoms with E-state index in [0.29, 0.717) is 17.2 Å². The number of halogens is 1. The number of anilines is 1. The Bertz CT molecular complexity index is 1190. The van der Waals surface area contributed by atoms with Crippen molar-refractivity contribution >= 4 is 62.7 Å². The van der Waals surface area contributed by atoms with Gasteiger partial charge < -0.3 is 9.84 Å². The molecule has 0 bridgehead atoms. The predicted octanol–water partition coefficient (Wildman–Crippen LogP) is 5.81. The molecule has 31 heavy (non-hydrogen) atoms. The fraction of sp³-hybridized carbons (Fsp3) is 0. The maximum atomic E-state index is 13.1. The first kappa shape index (κ1) is 21.1. The van der Waals surface area contributed by atoms with Crippen LogP contribution >= 0.6 is 35.6 Å². The number of nitrogens with zero attached hydrogens (tertiary/aromatic N) is 1. The molecule has 1 amide bonds. The molecule has 3 aromatic rings. The van der Waals surface area contributed by atoms with E-state index in [-0.39, 0.29) is 26.2 Å². The van der Waals surface area contributed by atoms with Gasteiger partial charge in [0, 0.05) is 5.56 Å². The molecule has 1 aliphatic rings. The van der Waals surface area contributed by atoms with Crippen molar-refractivity contribution in [3.05, 3.63) is 89.0 Å².